The summed E-state index contributed by atoms with van der Waals surface area (Å²) in [4.78, 5) is 16.8. The second-order valence-electron chi connectivity index (χ2n) is 5.67. The summed E-state index contributed by atoms with van der Waals surface area (Å²) in [5.74, 6) is 0.814. The Morgan fingerprint density at radius 3 is 2.84 bits per heavy atom. The highest BCUT2D eigenvalue weighted by Crippen LogP contribution is 2.31. The zero-order valence-electron chi connectivity index (χ0n) is 13.4. The highest BCUT2D eigenvalue weighted by molar-refractivity contribution is 7.21. The molecule has 1 amide bonds. The van der Waals surface area contributed by atoms with Crippen LogP contribution in [0, 0.1) is 0 Å². The van der Waals surface area contributed by atoms with Gasteiger partial charge in [-0.25, -0.2) is 4.98 Å². The van der Waals surface area contributed by atoms with Crippen molar-refractivity contribution in [3.8, 4) is 10.8 Å². The van der Waals surface area contributed by atoms with Gasteiger partial charge in [-0.1, -0.05) is 12.1 Å². The molecule has 1 aromatic carbocycles. The van der Waals surface area contributed by atoms with Crippen LogP contribution in [-0.2, 0) is 0 Å². The molecular formula is C17H19Cl2N3O2S. The van der Waals surface area contributed by atoms with Crippen LogP contribution in [0.2, 0.25) is 0 Å². The number of fused-ring (bicyclic) bond motifs is 1. The number of aromatic nitrogens is 1. The fraction of sp³-hybridized carbons (Fsp3) is 0.294. The van der Waals surface area contributed by atoms with Gasteiger partial charge in [0.1, 0.15) is 0 Å². The number of amides is 1. The van der Waals surface area contributed by atoms with E-state index < -0.39 is 0 Å². The second kappa shape index (κ2) is 8.67. The number of hydrogen-bond acceptors (Lipinski definition) is 5. The van der Waals surface area contributed by atoms with Gasteiger partial charge in [0, 0.05) is 12.6 Å². The van der Waals surface area contributed by atoms with Crippen molar-refractivity contribution in [2.45, 2.75) is 18.9 Å². The summed E-state index contributed by atoms with van der Waals surface area (Å²) in [5, 5.41) is 7.09. The molecule has 134 valence electrons. The molecule has 0 bridgehead atoms. The summed E-state index contributed by atoms with van der Waals surface area (Å²) in [6, 6.07) is 11.7. The maximum Gasteiger partial charge on any atom is 0.287 e. The Morgan fingerprint density at radius 1 is 1.24 bits per heavy atom. The van der Waals surface area contributed by atoms with E-state index in [0.29, 0.717) is 11.5 Å². The highest BCUT2D eigenvalue weighted by Gasteiger charge is 2.19. The molecular weight excluding hydrogens is 381 g/mol. The molecule has 1 aliphatic heterocycles. The van der Waals surface area contributed by atoms with Crippen molar-refractivity contribution >= 4 is 52.3 Å². The Balaban J connectivity index is 0.00000113. The van der Waals surface area contributed by atoms with Crippen LogP contribution in [0.4, 0.5) is 0 Å². The summed E-state index contributed by atoms with van der Waals surface area (Å²) in [6.45, 7) is 1.84. The van der Waals surface area contributed by atoms with E-state index in [1.165, 1.54) is 0 Å². The molecule has 2 N–H and O–H groups in total. The summed E-state index contributed by atoms with van der Waals surface area (Å²) in [6.07, 6.45) is 2.09. The number of furan rings is 1. The fourth-order valence-electron chi connectivity index (χ4n) is 2.78. The number of hydrogen-bond donors (Lipinski definition) is 2. The normalized spacial score (nSPS) is 16.7. The van der Waals surface area contributed by atoms with Crippen LogP contribution < -0.4 is 10.6 Å². The highest BCUT2D eigenvalue weighted by atomic mass is 35.5. The molecule has 1 aliphatic rings. The van der Waals surface area contributed by atoms with Gasteiger partial charge in [-0.05, 0) is 43.7 Å². The van der Waals surface area contributed by atoms with E-state index in [4.69, 9.17) is 4.42 Å². The van der Waals surface area contributed by atoms with E-state index >= 15 is 0 Å². The van der Waals surface area contributed by atoms with Crippen molar-refractivity contribution in [3.05, 3.63) is 42.2 Å². The number of piperidine rings is 1. The first kappa shape index (κ1) is 19.7. The van der Waals surface area contributed by atoms with Gasteiger partial charge in [-0.2, -0.15) is 0 Å². The molecule has 5 nitrogen and oxygen atoms in total. The molecule has 2 aromatic heterocycles. The SMILES string of the molecule is Cl.Cl.O=C(NC1CCCNC1)c1ccc(-c2nc3ccccc3s2)o1. The van der Waals surface area contributed by atoms with Crippen molar-refractivity contribution in [2.75, 3.05) is 13.1 Å². The molecule has 4 rings (SSSR count). The number of carbonyl (C=O) groups excluding carboxylic acids is 1. The van der Waals surface area contributed by atoms with Gasteiger partial charge in [0.15, 0.2) is 16.5 Å². The van der Waals surface area contributed by atoms with Gasteiger partial charge in [-0.15, -0.1) is 36.2 Å². The lowest BCUT2D eigenvalue weighted by Gasteiger charge is -2.23. The van der Waals surface area contributed by atoms with Gasteiger partial charge in [0.05, 0.1) is 10.2 Å². The van der Waals surface area contributed by atoms with Crippen LogP contribution in [0.15, 0.2) is 40.8 Å². The zero-order chi connectivity index (χ0) is 15.6. The zero-order valence-corrected chi connectivity index (χ0v) is 15.8. The monoisotopic (exact) mass is 399 g/mol. The Morgan fingerprint density at radius 2 is 2.08 bits per heavy atom. The summed E-state index contributed by atoms with van der Waals surface area (Å²) in [5.41, 5.74) is 0.947. The first-order valence-corrected chi connectivity index (χ1v) is 8.58. The molecule has 0 aliphatic carbocycles. The third-order valence-corrected chi connectivity index (χ3v) is 5.02. The van der Waals surface area contributed by atoms with Crippen LogP contribution in [0.5, 0.6) is 0 Å². The average Bonchev–Trinajstić information content (AvgIpc) is 3.22. The molecule has 0 saturated carbocycles. The lowest BCUT2D eigenvalue weighted by Crippen LogP contribution is -2.45. The molecule has 0 spiro atoms. The number of nitrogens with one attached hydrogen (secondary N) is 2. The van der Waals surface area contributed by atoms with Crippen molar-refractivity contribution < 1.29 is 9.21 Å². The topological polar surface area (TPSA) is 67.2 Å². The van der Waals surface area contributed by atoms with Gasteiger partial charge in [-0.3, -0.25) is 4.79 Å². The third kappa shape index (κ3) is 4.33. The second-order valence-corrected chi connectivity index (χ2v) is 6.70. The van der Waals surface area contributed by atoms with E-state index in [-0.39, 0.29) is 36.8 Å². The lowest BCUT2D eigenvalue weighted by atomic mass is 10.1. The van der Waals surface area contributed by atoms with Crippen molar-refractivity contribution in [1.29, 1.82) is 0 Å². The molecule has 1 fully saturated rings. The number of benzene rings is 1. The molecule has 3 heterocycles. The number of nitrogens with zero attached hydrogens (tertiary/aromatic N) is 1. The minimum atomic E-state index is -0.161. The summed E-state index contributed by atoms with van der Waals surface area (Å²) in [7, 11) is 0. The predicted molar refractivity (Wildman–Crippen MR) is 105 cm³/mol. The number of carbonyl (C=O) groups is 1. The molecule has 1 saturated heterocycles. The number of para-hydroxylation sites is 1. The summed E-state index contributed by atoms with van der Waals surface area (Å²) >= 11 is 1.56. The van der Waals surface area contributed by atoms with Crippen LogP contribution in [0.1, 0.15) is 23.4 Å². The Hall–Kier alpha value is -1.60. The van der Waals surface area contributed by atoms with Gasteiger partial charge >= 0.3 is 0 Å². The number of thiazole rings is 1. The molecule has 8 heteroatoms. The maximum atomic E-state index is 12.3. The fourth-order valence-corrected chi connectivity index (χ4v) is 3.71. The third-order valence-electron chi connectivity index (χ3n) is 3.97. The van der Waals surface area contributed by atoms with Crippen molar-refractivity contribution in [3.63, 3.8) is 0 Å². The van der Waals surface area contributed by atoms with Crippen molar-refractivity contribution in [1.82, 2.24) is 15.6 Å². The molecule has 0 radical (unpaired) electrons. The Bertz CT molecular complexity index is 810. The number of halogens is 2. The molecule has 1 unspecified atom stereocenters. The van der Waals surface area contributed by atoms with Gasteiger partial charge < -0.3 is 15.1 Å². The Kier molecular flexibility index (Phi) is 6.84. The smallest absolute Gasteiger partial charge is 0.287 e. The first-order chi connectivity index (χ1) is 11.3. The quantitative estimate of drug-likeness (QED) is 0.700. The largest absolute Gasteiger partial charge is 0.448 e. The average molecular weight is 400 g/mol. The summed E-state index contributed by atoms with van der Waals surface area (Å²) < 4.78 is 6.83. The van der Waals surface area contributed by atoms with Gasteiger partial charge in [0.2, 0.25) is 0 Å². The van der Waals surface area contributed by atoms with E-state index in [0.717, 1.165) is 41.2 Å². The molecule has 1 atom stereocenters. The number of rotatable bonds is 3. The minimum Gasteiger partial charge on any atom is -0.448 e. The molecule has 25 heavy (non-hydrogen) atoms. The van der Waals surface area contributed by atoms with Crippen LogP contribution in [0.25, 0.3) is 21.0 Å². The van der Waals surface area contributed by atoms with E-state index in [1.54, 1.807) is 17.4 Å². The molecule has 3 aromatic rings. The van der Waals surface area contributed by atoms with Crippen LogP contribution in [-0.4, -0.2) is 30.0 Å². The van der Waals surface area contributed by atoms with E-state index in [2.05, 4.69) is 15.6 Å². The maximum absolute atomic E-state index is 12.3. The predicted octanol–water partition coefficient (Wildman–Crippen LogP) is 3.88. The van der Waals surface area contributed by atoms with Crippen LogP contribution in [0.3, 0.4) is 0 Å². The lowest BCUT2D eigenvalue weighted by molar-refractivity contribution is 0.0903. The Labute approximate surface area is 162 Å². The van der Waals surface area contributed by atoms with E-state index in [1.807, 2.05) is 30.3 Å². The minimum absolute atomic E-state index is 0. The van der Waals surface area contributed by atoms with Crippen LogP contribution >= 0.6 is 36.2 Å². The standard InChI is InChI=1S/C17H17N3O2S.2ClH/c21-16(19-11-4-3-9-18-10-11)13-7-8-14(22-13)17-20-12-5-1-2-6-15(12)23-17;;/h1-2,5-8,11,18H,3-4,9-10H2,(H,19,21);2*1H. The van der Waals surface area contributed by atoms with Crippen molar-refractivity contribution in [2.24, 2.45) is 0 Å². The van der Waals surface area contributed by atoms with Gasteiger partial charge in [0.25, 0.3) is 5.91 Å². The van der Waals surface area contributed by atoms with E-state index in [9.17, 15) is 4.79 Å². The first-order valence-electron chi connectivity index (χ1n) is 7.77.